The SMILES string of the molecule is Cc1cc(C(F)(F)F)ncc1N1CC2(CCC(c3ccccc3)(N(C)C)CC2)N(CC2CC2)C1=O. The zero-order valence-corrected chi connectivity index (χ0v) is 20.6. The Kier molecular flexibility index (Phi) is 5.86. The molecule has 2 saturated carbocycles. The van der Waals surface area contributed by atoms with Gasteiger partial charge in [0.1, 0.15) is 5.69 Å². The molecule has 0 N–H and O–H groups in total. The number of amides is 2. The lowest BCUT2D eigenvalue weighted by molar-refractivity contribution is -0.141. The Morgan fingerprint density at radius 2 is 1.74 bits per heavy atom. The first-order valence-electron chi connectivity index (χ1n) is 12.4. The van der Waals surface area contributed by atoms with Crippen LogP contribution in [-0.2, 0) is 11.7 Å². The first-order valence-corrected chi connectivity index (χ1v) is 12.4. The smallest absolute Gasteiger partial charge is 0.317 e. The summed E-state index contributed by atoms with van der Waals surface area (Å²) in [5.74, 6) is 0.525. The topological polar surface area (TPSA) is 39.7 Å². The van der Waals surface area contributed by atoms with Gasteiger partial charge in [0, 0.05) is 12.1 Å². The predicted octanol–water partition coefficient (Wildman–Crippen LogP) is 5.83. The van der Waals surface area contributed by atoms with Crippen LogP contribution in [0.15, 0.2) is 42.6 Å². The molecule has 3 fully saturated rings. The van der Waals surface area contributed by atoms with Gasteiger partial charge in [0.05, 0.1) is 24.0 Å². The fraction of sp³-hybridized carbons (Fsp3) is 0.556. The number of halogens is 3. The van der Waals surface area contributed by atoms with Gasteiger partial charge < -0.3 is 4.90 Å². The fourth-order valence-electron chi connectivity index (χ4n) is 6.10. The molecule has 2 heterocycles. The molecule has 0 unspecified atom stereocenters. The van der Waals surface area contributed by atoms with Gasteiger partial charge in [-0.05, 0) is 82.7 Å². The van der Waals surface area contributed by atoms with Crippen molar-refractivity contribution in [1.29, 1.82) is 0 Å². The lowest BCUT2D eigenvalue weighted by atomic mass is 9.68. The molecule has 0 atom stereocenters. The molecule has 1 aromatic heterocycles. The third-order valence-corrected chi connectivity index (χ3v) is 8.46. The molecule has 8 heteroatoms. The number of rotatable bonds is 5. The molecular formula is C27H33F3N4O. The summed E-state index contributed by atoms with van der Waals surface area (Å²) in [6.07, 6.45) is 2.51. The molecule has 2 aromatic rings. The Bertz CT molecular complexity index is 1090. The van der Waals surface area contributed by atoms with Crippen molar-refractivity contribution in [3.8, 4) is 0 Å². The van der Waals surface area contributed by atoms with Crippen LogP contribution in [0, 0.1) is 12.8 Å². The number of alkyl halides is 3. The summed E-state index contributed by atoms with van der Waals surface area (Å²) >= 11 is 0. The van der Waals surface area contributed by atoms with Gasteiger partial charge in [0.25, 0.3) is 0 Å². The number of hydrogen-bond acceptors (Lipinski definition) is 3. The van der Waals surface area contributed by atoms with Gasteiger partial charge in [-0.3, -0.25) is 9.80 Å². The summed E-state index contributed by atoms with van der Waals surface area (Å²) in [7, 11) is 4.24. The molecule has 35 heavy (non-hydrogen) atoms. The number of hydrogen-bond donors (Lipinski definition) is 0. The van der Waals surface area contributed by atoms with Crippen molar-refractivity contribution in [1.82, 2.24) is 14.8 Å². The Balaban J connectivity index is 1.46. The molecule has 1 aromatic carbocycles. The van der Waals surface area contributed by atoms with Gasteiger partial charge in [-0.1, -0.05) is 30.3 Å². The van der Waals surface area contributed by atoms with Crippen LogP contribution >= 0.6 is 0 Å². The normalized spacial score (nSPS) is 27.3. The van der Waals surface area contributed by atoms with Crippen LogP contribution in [0.3, 0.4) is 0 Å². The van der Waals surface area contributed by atoms with Crippen LogP contribution in [0.25, 0.3) is 0 Å². The second kappa shape index (κ2) is 8.50. The number of urea groups is 1. The van der Waals surface area contributed by atoms with Gasteiger partial charge in [-0.2, -0.15) is 13.2 Å². The molecule has 5 nitrogen and oxygen atoms in total. The van der Waals surface area contributed by atoms with Crippen LogP contribution in [0.4, 0.5) is 23.7 Å². The second-order valence-corrected chi connectivity index (χ2v) is 10.8. The van der Waals surface area contributed by atoms with Crippen molar-refractivity contribution in [2.75, 3.05) is 32.1 Å². The van der Waals surface area contributed by atoms with Crippen LogP contribution < -0.4 is 4.90 Å². The standard InChI is InChI=1S/C27H33F3N4O/c1-19-15-23(27(28,29)30)31-16-22(19)33-18-25(34(24(33)35)17-20-9-10-20)11-13-26(14-12-25,32(2)3)21-7-5-4-6-8-21/h4-8,15-16,20H,9-14,17-18H2,1-3H3. The Morgan fingerprint density at radius 1 is 1.09 bits per heavy atom. The van der Waals surface area contributed by atoms with Crippen molar-refractivity contribution in [2.24, 2.45) is 5.92 Å². The molecule has 0 radical (unpaired) electrons. The highest BCUT2D eigenvalue weighted by molar-refractivity contribution is 5.96. The minimum absolute atomic E-state index is 0.0972. The first-order chi connectivity index (χ1) is 16.6. The van der Waals surface area contributed by atoms with Crippen molar-refractivity contribution in [3.05, 3.63) is 59.4 Å². The molecular weight excluding hydrogens is 453 g/mol. The monoisotopic (exact) mass is 486 g/mol. The Morgan fingerprint density at radius 3 is 2.29 bits per heavy atom. The molecule has 1 saturated heterocycles. The average Bonchev–Trinajstić information content (AvgIpc) is 3.61. The Hall–Kier alpha value is -2.61. The minimum atomic E-state index is -4.51. The lowest BCUT2D eigenvalue weighted by Crippen LogP contribution is -2.55. The Labute approximate surface area is 204 Å². The molecule has 0 bridgehead atoms. The van der Waals surface area contributed by atoms with E-state index in [9.17, 15) is 18.0 Å². The van der Waals surface area contributed by atoms with Crippen molar-refractivity contribution < 1.29 is 18.0 Å². The maximum Gasteiger partial charge on any atom is 0.433 e. The van der Waals surface area contributed by atoms with E-state index in [-0.39, 0.29) is 17.1 Å². The van der Waals surface area contributed by atoms with E-state index in [1.807, 2.05) is 11.0 Å². The van der Waals surface area contributed by atoms with E-state index >= 15 is 0 Å². The highest BCUT2D eigenvalue weighted by Gasteiger charge is 2.55. The molecule has 2 aliphatic carbocycles. The van der Waals surface area contributed by atoms with E-state index in [1.54, 1.807) is 11.8 Å². The van der Waals surface area contributed by atoms with Gasteiger partial charge in [0.2, 0.25) is 0 Å². The van der Waals surface area contributed by atoms with Crippen LogP contribution in [0.5, 0.6) is 0 Å². The van der Waals surface area contributed by atoms with Crippen LogP contribution in [0.1, 0.15) is 55.3 Å². The van der Waals surface area contributed by atoms with Gasteiger partial charge in [-0.15, -0.1) is 0 Å². The number of nitrogens with zero attached hydrogens (tertiary/aromatic N) is 4. The van der Waals surface area contributed by atoms with Gasteiger partial charge >= 0.3 is 12.2 Å². The van der Waals surface area contributed by atoms with E-state index in [4.69, 9.17) is 0 Å². The third-order valence-electron chi connectivity index (χ3n) is 8.46. The highest BCUT2D eigenvalue weighted by Crippen LogP contribution is 2.50. The molecule has 2 amide bonds. The van der Waals surface area contributed by atoms with Crippen molar-refractivity contribution in [3.63, 3.8) is 0 Å². The number of carbonyl (C=O) groups is 1. The summed E-state index contributed by atoms with van der Waals surface area (Å²) in [4.78, 5) is 23.4. The van der Waals surface area contributed by atoms with E-state index < -0.39 is 11.9 Å². The van der Waals surface area contributed by atoms with Crippen LogP contribution in [0.2, 0.25) is 0 Å². The fourth-order valence-corrected chi connectivity index (χ4v) is 6.10. The van der Waals surface area contributed by atoms with Crippen molar-refractivity contribution >= 4 is 11.7 Å². The predicted molar refractivity (Wildman–Crippen MR) is 129 cm³/mol. The third kappa shape index (κ3) is 4.20. The first kappa shape index (κ1) is 24.1. The largest absolute Gasteiger partial charge is 0.433 e. The summed E-state index contributed by atoms with van der Waals surface area (Å²) < 4.78 is 39.5. The maximum atomic E-state index is 13.7. The van der Waals surface area contributed by atoms with Crippen LogP contribution in [-0.4, -0.2) is 53.5 Å². The number of anilines is 1. The van der Waals surface area contributed by atoms with Gasteiger partial charge in [-0.25, -0.2) is 9.78 Å². The van der Waals surface area contributed by atoms with E-state index in [1.165, 1.54) is 11.8 Å². The second-order valence-electron chi connectivity index (χ2n) is 10.8. The molecule has 1 spiro atoms. The van der Waals surface area contributed by atoms with Gasteiger partial charge in [0.15, 0.2) is 0 Å². The highest BCUT2D eigenvalue weighted by atomic mass is 19.4. The zero-order valence-electron chi connectivity index (χ0n) is 20.6. The number of aromatic nitrogens is 1. The lowest BCUT2D eigenvalue weighted by Gasteiger charge is -2.51. The summed E-state index contributed by atoms with van der Waals surface area (Å²) in [6.45, 7) is 2.84. The van der Waals surface area contributed by atoms with E-state index in [0.29, 0.717) is 23.7 Å². The number of pyridine rings is 1. The van der Waals surface area contributed by atoms with Crippen molar-refractivity contribution in [2.45, 2.75) is 62.7 Å². The minimum Gasteiger partial charge on any atom is -0.317 e. The molecule has 3 aliphatic rings. The zero-order chi connectivity index (χ0) is 25.0. The average molecular weight is 487 g/mol. The number of benzene rings is 1. The summed E-state index contributed by atoms with van der Waals surface area (Å²) in [6, 6.07) is 11.5. The number of aryl methyl sites for hydroxylation is 1. The summed E-state index contributed by atoms with van der Waals surface area (Å²) in [5, 5.41) is 0. The number of carbonyl (C=O) groups excluding carboxylic acids is 1. The summed E-state index contributed by atoms with van der Waals surface area (Å²) in [5.41, 5.74) is 0.854. The molecule has 5 rings (SSSR count). The maximum absolute atomic E-state index is 13.7. The molecule has 188 valence electrons. The van der Waals surface area contributed by atoms with E-state index in [0.717, 1.165) is 51.1 Å². The molecule has 1 aliphatic heterocycles. The quantitative estimate of drug-likeness (QED) is 0.534. The van der Waals surface area contributed by atoms with E-state index in [2.05, 4.69) is 48.2 Å².